The Balaban J connectivity index is 0.00000225. The van der Waals surface area contributed by atoms with Crippen molar-refractivity contribution in [2.75, 3.05) is 57.3 Å². The molecule has 0 aromatic heterocycles. The minimum atomic E-state index is 0. The van der Waals surface area contributed by atoms with Crippen LogP contribution in [0.2, 0.25) is 0 Å². The van der Waals surface area contributed by atoms with Gasteiger partial charge in [-0.1, -0.05) is 18.2 Å². The number of carbonyl (C=O) groups is 2. The lowest BCUT2D eigenvalue weighted by Gasteiger charge is -2.38. The van der Waals surface area contributed by atoms with E-state index in [2.05, 4.69) is 22.3 Å². The van der Waals surface area contributed by atoms with Crippen LogP contribution in [-0.2, 0) is 16.0 Å². The van der Waals surface area contributed by atoms with Crippen molar-refractivity contribution in [3.8, 4) is 0 Å². The smallest absolute Gasteiger partial charge is 0.241 e. The Kier molecular flexibility index (Phi) is 7.32. The first kappa shape index (κ1) is 21.1. The van der Waals surface area contributed by atoms with E-state index in [1.807, 2.05) is 21.9 Å². The Morgan fingerprint density at radius 2 is 1.71 bits per heavy atom. The molecule has 0 saturated carbocycles. The van der Waals surface area contributed by atoms with Crippen molar-refractivity contribution in [1.82, 2.24) is 15.1 Å². The molecule has 7 heteroatoms. The first-order valence-electron chi connectivity index (χ1n) is 10.3. The van der Waals surface area contributed by atoms with Crippen LogP contribution in [0.25, 0.3) is 0 Å². The Hall–Kier alpha value is -1.63. The number of piperazine rings is 1. The van der Waals surface area contributed by atoms with E-state index < -0.39 is 0 Å². The summed E-state index contributed by atoms with van der Waals surface area (Å²) in [6.45, 7) is 6.22. The molecule has 2 saturated heterocycles. The van der Waals surface area contributed by atoms with Gasteiger partial charge < -0.3 is 15.1 Å². The molecule has 1 aromatic carbocycles. The number of fused-ring (bicyclic) bond motifs is 1. The molecule has 6 nitrogen and oxygen atoms in total. The van der Waals surface area contributed by atoms with E-state index in [1.165, 1.54) is 5.56 Å². The van der Waals surface area contributed by atoms with Crippen molar-refractivity contribution in [2.45, 2.75) is 25.7 Å². The average Bonchev–Trinajstić information content (AvgIpc) is 2.74. The van der Waals surface area contributed by atoms with Crippen LogP contribution >= 0.6 is 12.4 Å². The monoisotopic (exact) mass is 406 g/mol. The predicted octanol–water partition coefficient (Wildman–Crippen LogP) is 1.53. The molecule has 0 spiro atoms. The average molecular weight is 407 g/mol. The first-order chi connectivity index (χ1) is 13.2. The van der Waals surface area contributed by atoms with Gasteiger partial charge in [0.15, 0.2) is 0 Å². The summed E-state index contributed by atoms with van der Waals surface area (Å²) in [6, 6.07) is 8.24. The molecular formula is C21H31ClN4O2. The van der Waals surface area contributed by atoms with Crippen molar-refractivity contribution in [1.29, 1.82) is 0 Å². The van der Waals surface area contributed by atoms with Gasteiger partial charge in [0.2, 0.25) is 11.8 Å². The number of benzene rings is 1. The second-order valence-corrected chi connectivity index (χ2v) is 7.90. The van der Waals surface area contributed by atoms with Gasteiger partial charge in [0.25, 0.3) is 0 Å². The number of anilines is 1. The van der Waals surface area contributed by atoms with Crippen molar-refractivity contribution < 1.29 is 9.59 Å². The molecule has 0 atom stereocenters. The molecule has 0 bridgehead atoms. The molecule has 0 unspecified atom stereocenters. The number of nitrogens with one attached hydrogen (secondary N) is 1. The number of carbonyl (C=O) groups excluding carboxylic acids is 2. The van der Waals surface area contributed by atoms with Crippen LogP contribution in [-0.4, -0.2) is 74.0 Å². The number of para-hydroxylation sites is 1. The lowest BCUT2D eigenvalue weighted by Crippen LogP contribution is -2.53. The lowest BCUT2D eigenvalue weighted by molar-refractivity contribution is -0.138. The quantitative estimate of drug-likeness (QED) is 0.827. The minimum Gasteiger partial charge on any atom is -0.340 e. The van der Waals surface area contributed by atoms with E-state index >= 15 is 0 Å². The standard InChI is InChI=1S/C21H30N4O2.ClH/c26-20(25-11-3-5-17-4-1-2-6-19(17)25)16-23-12-14-24(15-13-23)21(27)18-7-9-22-10-8-18;/h1-2,4,6,18,22H,3,5,7-16H2;1H. The number of hydrogen-bond donors (Lipinski definition) is 1. The van der Waals surface area contributed by atoms with Crippen LogP contribution in [0.5, 0.6) is 0 Å². The Labute approximate surface area is 173 Å². The van der Waals surface area contributed by atoms with Crippen molar-refractivity contribution in [2.24, 2.45) is 5.92 Å². The summed E-state index contributed by atoms with van der Waals surface area (Å²) < 4.78 is 0. The van der Waals surface area contributed by atoms with Gasteiger partial charge >= 0.3 is 0 Å². The number of halogens is 1. The fourth-order valence-corrected chi connectivity index (χ4v) is 4.52. The van der Waals surface area contributed by atoms with Gasteiger partial charge in [0, 0.05) is 44.3 Å². The zero-order valence-electron chi connectivity index (χ0n) is 16.4. The van der Waals surface area contributed by atoms with Crippen LogP contribution < -0.4 is 10.2 Å². The largest absolute Gasteiger partial charge is 0.340 e. The van der Waals surface area contributed by atoms with Gasteiger partial charge in [0.05, 0.1) is 6.54 Å². The van der Waals surface area contributed by atoms with E-state index in [0.29, 0.717) is 12.5 Å². The van der Waals surface area contributed by atoms with E-state index in [1.54, 1.807) is 0 Å². The number of aryl methyl sites for hydroxylation is 1. The third kappa shape index (κ3) is 4.67. The summed E-state index contributed by atoms with van der Waals surface area (Å²) in [4.78, 5) is 31.7. The summed E-state index contributed by atoms with van der Waals surface area (Å²) in [6.07, 6.45) is 3.98. The zero-order valence-corrected chi connectivity index (χ0v) is 17.3. The number of amides is 2. The molecule has 0 radical (unpaired) electrons. The van der Waals surface area contributed by atoms with Crippen LogP contribution in [0.4, 0.5) is 5.69 Å². The minimum absolute atomic E-state index is 0. The second-order valence-electron chi connectivity index (χ2n) is 7.90. The summed E-state index contributed by atoms with van der Waals surface area (Å²) in [5.41, 5.74) is 2.35. The Morgan fingerprint density at radius 1 is 1.00 bits per heavy atom. The molecule has 154 valence electrons. The van der Waals surface area contributed by atoms with Gasteiger partial charge in [-0.25, -0.2) is 0 Å². The molecule has 1 aromatic rings. The van der Waals surface area contributed by atoms with Gasteiger partial charge in [0.1, 0.15) is 0 Å². The van der Waals surface area contributed by atoms with E-state index in [9.17, 15) is 9.59 Å². The van der Waals surface area contributed by atoms with Crippen LogP contribution in [0.15, 0.2) is 24.3 Å². The molecule has 4 rings (SSSR count). The number of hydrogen-bond acceptors (Lipinski definition) is 4. The third-order valence-corrected chi connectivity index (χ3v) is 6.14. The first-order valence-corrected chi connectivity index (χ1v) is 10.3. The topological polar surface area (TPSA) is 55.9 Å². The van der Waals surface area contributed by atoms with Crippen molar-refractivity contribution in [3.05, 3.63) is 29.8 Å². The molecule has 3 heterocycles. The highest BCUT2D eigenvalue weighted by atomic mass is 35.5. The second kappa shape index (κ2) is 9.72. The van der Waals surface area contributed by atoms with E-state index in [0.717, 1.165) is 77.2 Å². The van der Waals surface area contributed by atoms with Crippen LogP contribution in [0.3, 0.4) is 0 Å². The summed E-state index contributed by atoms with van der Waals surface area (Å²) in [5.74, 6) is 0.678. The maximum absolute atomic E-state index is 12.9. The van der Waals surface area contributed by atoms with Gasteiger partial charge in [-0.2, -0.15) is 0 Å². The molecule has 3 aliphatic rings. The van der Waals surface area contributed by atoms with Crippen LogP contribution in [0, 0.1) is 5.92 Å². The van der Waals surface area contributed by atoms with Gasteiger partial charge in [-0.15, -0.1) is 12.4 Å². The SMILES string of the molecule is Cl.O=C(C1CCNCC1)N1CCN(CC(=O)N2CCCc3ccccc32)CC1. The zero-order chi connectivity index (χ0) is 18.6. The van der Waals surface area contributed by atoms with Crippen molar-refractivity contribution >= 4 is 29.9 Å². The molecule has 2 amide bonds. The summed E-state index contributed by atoms with van der Waals surface area (Å²) in [5, 5.41) is 3.32. The highest BCUT2D eigenvalue weighted by molar-refractivity contribution is 5.96. The number of rotatable bonds is 3. The molecule has 2 fully saturated rings. The molecule has 28 heavy (non-hydrogen) atoms. The molecular weight excluding hydrogens is 376 g/mol. The lowest BCUT2D eigenvalue weighted by atomic mass is 9.96. The molecule has 0 aliphatic carbocycles. The Morgan fingerprint density at radius 3 is 2.46 bits per heavy atom. The third-order valence-electron chi connectivity index (χ3n) is 6.14. The highest BCUT2D eigenvalue weighted by Crippen LogP contribution is 2.27. The normalized spacial score (nSPS) is 21.0. The Bertz CT molecular complexity index is 685. The molecule has 3 aliphatic heterocycles. The highest BCUT2D eigenvalue weighted by Gasteiger charge is 2.30. The van der Waals surface area contributed by atoms with Crippen molar-refractivity contribution in [3.63, 3.8) is 0 Å². The molecule has 1 N–H and O–H groups in total. The van der Waals surface area contributed by atoms with Gasteiger partial charge in [-0.05, 0) is 50.4 Å². The fourth-order valence-electron chi connectivity index (χ4n) is 4.52. The fraction of sp³-hybridized carbons (Fsp3) is 0.619. The van der Waals surface area contributed by atoms with E-state index in [-0.39, 0.29) is 24.2 Å². The van der Waals surface area contributed by atoms with E-state index in [4.69, 9.17) is 0 Å². The maximum Gasteiger partial charge on any atom is 0.241 e. The maximum atomic E-state index is 12.9. The summed E-state index contributed by atoms with van der Waals surface area (Å²) >= 11 is 0. The number of nitrogens with zero attached hydrogens (tertiary/aromatic N) is 3. The van der Waals surface area contributed by atoms with Crippen LogP contribution in [0.1, 0.15) is 24.8 Å². The summed E-state index contributed by atoms with van der Waals surface area (Å²) in [7, 11) is 0. The number of piperidine rings is 1. The van der Waals surface area contributed by atoms with Gasteiger partial charge in [-0.3, -0.25) is 14.5 Å². The predicted molar refractivity (Wildman–Crippen MR) is 113 cm³/mol.